The first kappa shape index (κ1) is 17.5. The van der Waals surface area contributed by atoms with Crippen LogP contribution in [0.1, 0.15) is 19.4 Å². The van der Waals surface area contributed by atoms with Crippen LogP contribution in [0, 0.1) is 0 Å². The van der Waals surface area contributed by atoms with E-state index in [9.17, 15) is 14.4 Å². The lowest BCUT2D eigenvalue weighted by atomic mass is 9.96. The fourth-order valence-corrected chi connectivity index (χ4v) is 4.77. The summed E-state index contributed by atoms with van der Waals surface area (Å²) >= 11 is 1.50. The van der Waals surface area contributed by atoms with E-state index < -0.39 is 28.7 Å². The molecule has 2 amide bonds. The summed E-state index contributed by atoms with van der Waals surface area (Å²) in [5, 5.41) is 2.36. The molecule has 0 bridgehead atoms. The summed E-state index contributed by atoms with van der Waals surface area (Å²) in [6.07, 6.45) is 1.13. The highest BCUT2D eigenvalue weighted by molar-refractivity contribution is 8.01. The van der Waals surface area contributed by atoms with Crippen LogP contribution in [0.3, 0.4) is 0 Å². The number of hydrogen-bond acceptors (Lipinski definition) is 5. The van der Waals surface area contributed by atoms with E-state index in [0.29, 0.717) is 0 Å². The third-order valence-electron chi connectivity index (χ3n) is 4.37. The Morgan fingerprint density at radius 3 is 2.68 bits per heavy atom. The Balaban J connectivity index is 1.69. The number of rotatable bonds is 5. The van der Waals surface area contributed by atoms with Gasteiger partial charge in [-0.15, -0.1) is 11.8 Å². The summed E-state index contributed by atoms with van der Waals surface area (Å²) in [6, 6.07) is 8.10. The summed E-state index contributed by atoms with van der Waals surface area (Å²) in [5.74, 6) is -1.09. The van der Waals surface area contributed by atoms with E-state index in [1.54, 1.807) is 0 Å². The fourth-order valence-electron chi connectivity index (χ4n) is 3.15. The van der Waals surface area contributed by atoms with E-state index in [0.717, 1.165) is 11.6 Å². The minimum absolute atomic E-state index is 0.167. The number of hydrogen-bond donors (Lipinski definition) is 1. The molecule has 0 radical (unpaired) electrons. The van der Waals surface area contributed by atoms with E-state index >= 15 is 0 Å². The molecule has 3 rings (SSSR count). The molecular formula is C18H20N2O4S. The molecule has 1 aromatic rings. The van der Waals surface area contributed by atoms with Crippen LogP contribution in [0.2, 0.25) is 0 Å². The number of benzene rings is 1. The zero-order chi connectivity index (χ0) is 18.2. The third-order valence-corrected chi connectivity index (χ3v) is 5.94. The zero-order valence-electron chi connectivity index (χ0n) is 14.1. The molecule has 3 atom stereocenters. The number of carbonyl (C=O) groups excluding carboxylic acids is 3. The summed E-state index contributed by atoms with van der Waals surface area (Å²) < 4.78 is 4.94. The molecule has 0 aliphatic carbocycles. The second-order valence-electron chi connectivity index (χ2n) is 6.54. The Morgan fingerprint density at radius 1 is 1.36 bits per heavy atom. The molecule has 2 aliphatic heterocycles. The van der Waals surface area contributed by atoms with Gasteiger partial charge in [0.15, 0.2) is 0 Å². The van der Waals surface area contributed by atoms with Crippen molar-refractivity contribution in [3.05, 3.63) is 48.6 Å². The van der Waals surface area contributed by atoms with Crippen LogP contribution in [0.15, 0.2) is 43.0 Å². The average molecular weight is 360 g/mol. The van der Waals surface area contributed by atoms with Gasteiger partial charge in [0.25, 0.3) is 0 Å². The average Bonchev–Trinajstić information content (AvgIpc) is 2.86. The van der Waals surface area contributed by atoms with Crippen LogP contribution >= 0.6 is 11.8 Å². The quantitative estimate of drug-likeness (QED) is 0.489. The number of nitrogens with one attached hydrogen (secondary N) is 1. The number of fused-ring (bicyclic) bond motifs is 1. The SMILES string of the molecule is C=CC(=O)N[C@@H]1C(=O)N2[C@@H]1SC(C)(C)[C@@H]2C(=O)OCc1ccccc1. The molecule has 7 heteroatoms. The highest BCUT2D eigenvalue weighted by Gasteiger charge is 2.64. The van der Waals surface area contributed by atoms with Gasteiger partial charge in [0.2, 0.25) is 11.8 Å². The van der Waals surface area contributed by atoms with Crippen LogP contribution in [0.4, 0.5) is 0 Å². The van der Waals surface area contributed by atoms with Crippen LogP contribution < -0.4 is 5.32 Å². The molecule has 132 valence electrons. The van der Waals surface area contributed by atoms with Gasteiger partial charge in [0, 0.05) is 4.75 Å². The predicted molar refractivity (Wildman–Crippen MR) is 94.5 cm³/mol. The standard InChI is InChI=1S/C18H20N2O4S/c1-4-12(21)19-13-15(22)20-14(18(2,3)25-16(13)20)17(23)24-10-11-8-6-5-7-9-11/h4-9,13-14,16H,1,10H2,2-3H3,(H,19,21)/t13-,14+,16-/m1/s1. The molecule has 2 aliphatic rings. The van der Waals surface area contributed by atoms with Gasteiger partial charge < -0.3 is 15.0 Å². The van der Waals surface area contributed by atoms with Crippen molar-refractivity contribution in [2.45, 2.75) is 42.7 Å². The molecule has 2 saturated heterocycles. The van der Waals surface area contributed by atoms with Gasteiger partial charge in [0.05, 0.1) is 0 Å². The molecule has 25 heavy (non-hydrogen) atoms. The Hall–Kier alpha value is -2.28. The molecule has 2 fully saturated rings. The van der Waals surface area contributed by atoms with Crippen molar-refractivity contribution in [2.24, 2.45) is 0 Å². The second kappa shape index (κ2) is 6.55. The normalized spacial score (nSPS) is 26.4. The number of ether oxygens (including phenoxy) is 1. The summed E-state index contributed by atoms with van der Waals surface area (Å²) in [7, 11) is 0. The molecule has 2 heterocycles. The smallest absolute Gasteiger partial charge is 0.330 e. The van der Waals surface area contributed by atoms with Crippen LogP contribution in [0.5, 0.6) is 0 Å². The minimum Gasteiger partial charge on any atom is -0.459 e. The van der Waals surface area contributed by atoms with Gasteiger partial charge in [-0.05, 0) is 25.5 Å². The topological polar surface area (TPSA) is 75.7 Å². The molecular weight excluding hydrogens is 340 g/mol. The number of β-lactam (4-membered cyclic amide) rings is 1. The summed E-state index contributed by atoms with van der Waals surface area (Å²) in [5.41, 5.74) is 0.891. The maximum absolute atomic E-state index is 12.6. The molecule has 0 aromatic heterocycles. The van der Waals surface area contributed by atoms with E-state index in [-0.39, 0.29) is 17.9 Å². The number of nitrogens with zero attached hydrogens (tertiary/aromatic N) is 1. The van der Waals surface area contributed by atoms with Crippen molar-refractivity contribution < 1.29 is 19.1 Å². The molecule has 1 N–H and O–H groups in total. The fraction of sp³-hybridized carbons (Fsp3) is 0.389. The number of thioether (sulfide) groups is 1. The molecule has 6 nitrogen and oxygen atoms in total. The highest BCUT2D eigenvalue weighted by atomic mass is 32.2. The van der Waals surface area contributed by atoms with Crippen LogP contribution in [-0.2, 0) is 25.7 Å². The maximum atomic E-state index is 12.6. The third kappa shape index (κ3) is 3.16. The second-order valence-corrected chi connectivity index (χ2v) is 8.31. The molecule has 1 aromatic carbocycles. The lowest BCUT2D eigenvalue weighted by Crippen LogP contribution is -2.70. The first-order chi connectivity index (χ1) is 11.8. The summed E-state index contributed by atoms with van der Waals surface area (Å²) in [4.78, 5) is 38.1. The Bertz CT molecular complexity index is 719. The predicted octanol–water partition coefficient (Wildman–Crippen LogP) is 1.46. The van der Waals surface area contributed by atoms with Crippen molar-refractivity contribution in [1.82, 2.24) is 10.2 Å². The number of amides is 2. The molecule has 0 unspecified atom stereocenters. The van der Waals surface area contributed by atoms with E-state index in [1.165, 1.54) is 16.7 Å². The Morgan fingerprint density at radius 2 is 2.04 bits per heavy atom. The largest absolute Gasteiger partial charge is 0.459 e. The van der Waals surface area contributed by atoms with Gasteiger partial charge in [0.1, 0.15) is 24.1 Å². The van der Waals surface area contributed by atoms with E-state index in [1.807, 2.05) is 44.2 Å². The van der Waals surface area contributed by atoms with Crippen molar-refractivity contribution in [3.8, 4) is 0 Å². The van der Waals surface area contributed by atoms with Crippen molar-refractivity contribution in [2.75, 3.05) is 0 Å². The Kier molecular flexibility index (Phi) is 4.60. The minimum atomic E-state index is -0.671. The maximum Gasteiger partial charge on any atom is 0.330 e. The van der Waals surface area contributed by atoms with Gasteiger partial charge in [-0.3, -0.25) is 9.59 Å². The van der Waals surface area contributed by atoms with Crippen molar-refractivity contribution in [3.63, 3.8) is 0 Å². The van der Waals surface area contributed by atoms with E-state index in [2.05, 4.69) is 11.9 Å². The number of carbonyl (C=O) groups is 3. The Labute approximate surface area is 150 Å². The number of esters is 1. The van der Waals surface area contributed by atoms with Gasteiger partial charge in [-0.2, -0.15) is 0 Å². The van der Waals surface area contributed by atoms with Gasteiger partial charge >= 0.3 is 5.97 Å². The van der Waals surface area contributed by atoms with Gasteiger partial charge in [-0.1, -0.05) is 36.9 Å². The first-order valence-corrected chi connectivity index (χ1v) is 8.86. The van der Waals surface area contributed by atoms with Crippen LogP contribution in [-0.4, -0.2) is 44.9 Å². The summed E-state index contributed by atoms with van der Waals surface area (Å²) in [6.45, 7) is 7.37. The van der Waals surface area contributed by atoms with Crippen LogP contribution in [0.25, 0.3) is 0 Å². The lowest BCUT2D eigenvalue weighted by molar-refractivity contribution is -0.165. The van der Waals surface area contributed by atoms with E-state index in [4.69, 9.17) is 4.74 Å². The van der Waals surface area contributed by atoms with Crippen molar-refractivity contribution in [1.29, 1.82) is 0 Å². The lowest BCUT2D eigenvalue weighted by Gasteiger charge is -2.43. The van der Waals surface area contributed by atoms with Crippen molar-refractivity contribution >= 4 is 29.5 Å². The molecule has 0 saturated carbocycles. The zero-order valence-corrected chi connectivity index (χ0v) is 14.9. The first-order valence-electron chi connectivity index (χ1n) is 7.98. The highest BCUT2D eigenvalue weighted by Crippen LogP contribution is 2.51. The molecule has 0 spiro atoms. The van der Waals surface area contributed by atoms with Gasteiger partial charge in [-0.25, -0.2) is 4.79 Å². The monoisotopic (exact) mass is 360 g/mol.